The second-order valence-corrected chi connectivity index (χ2v) is 7.65. The van der Waals surface area contributed by atoms with Gasteiger partial charge in [-0.3, -0.25) is 4.79 Å². The molecule has 0 spiro atoms. The highest BCUT2D eigenvalue weighted by atomic mass is 16.1. The number of nitrogens with zero attached hydrogens (tertiary/aromatic N) is 4. The minimum Gasteiger partial charge on any atom is -0.367 e. The zero-order valence-electron chi connectivity index (χ0n) is 17.3. The SMILES string of the molecule is Cc1c(C(=O)Nc2ccccc2CN2CCc3ccccc32)cnn1-c1ccccn1. The van der Waals surface area contributed by atoms with E-state index in [0.717, 1.165) is 36.5 Å². The number of anilines is 2. The van der Waals surface area contributed by atoms with E-state index in [9.17, 15) is 4.79 Å². The molecule has 0 radical (unpaired) electrons. The van der Waals surface area contributed by atoms with Gasteiger partial charge in [0.2, 0.25) is 0 Å². The van der Waals surface area contributed by atoms with Crippen molar-refractivity contribution in [1.82, 2.24) is 14.8 Å². The van der Waals surface area contributed by atoms with Crippen LogP contribution in [0.25, 0.3) is 5.82 Å². The summed E-state index contributed by atoms with van der Waals surface area (Å²) >= 11 is 0. The van der Waals surface area contributed by atoms with Gasteiger partial charge >= 0.3 is 0 Å². The highest BCUT2D eigenvalue weighted by Gasteiger charge is 2.21. The van der Waals surface area contributed by atoms with Crippen molar-refractivity contribution in [3.8, 4) is 5.82 Å². The molecule has 1 aliphatic rings. The summed E-state index contributed by atoms with van der Waals surface area (Å²) in [6, 6.07) is 22.1. The second kappa shape index (κ2) is 8.07. The number of hydrogen-bond donors (Lipinski definition) is 1. The molecule has 5 rings (SSSR count). The molecule has 0 saturated heterocycles. The van der Waals surface area contributed by atoms with Crippen LogP contribution in [-0.4, -0.2) is 27.2 Å². The lowest BCUT2D eigenvalue weighted by Crippen LogP contribution is -2.21. The normalized spacial score (nSPS) is 12.6. The molecule has 0 aliphatic carbocycles. The largest absolute Gasteiger partial charge is 0.367 e. The molecule has 0 fully saturated rings. The summed E-state index contributed by atoms with van der Waals surface area (Å²) in [5.74, 6) is 0.515. The van der Waals surface area contributed by atoms with Gasteiger partial charge in [-0.25, -0.2) is 9.67 Å². The topological polar surface area (TPSA) is 63.1 Å². The molecular weight excluding hydrogens is 386 g/mol. The van der Waals surface area contributed by atoms with Gasteiger partial charge in [0.1, 0.15) is 0 Å². The molecule has 0 bridgehead atoms. The van der Waals surface area contributed by atoms with E-state index in [0.29, 0.717) is 11.4 Å². The molecule has 0 saturated carbocycles. The number of nitrogens with one attached hydrogen (secondary N) is 1. The molecule has 0 atom stereocenters. The predicted octanol–water partition coefficient (Wildman–Crippen LogP) is 4.39. The maximum Gasteiger partial charge on any atom is 0.259 e. The lowest BCUT2D eigenvalue weighted by Gasteiger charge is -2.21. The number of para-hydroxylation sites is 2. The van der Waals surface area contributed by atoms with Crippen molar-refractivity contribution in [3.63, 3.8) is 0 Å². The number of carbonyl (C=O) groups is 1. The number of hydrogen-bond acceptors (Lipinski definition) is 4. The van der Waals surface area contributed by atoms with Crippen LogP contribution in [0.15, 0.2) is 79.1 Å². The van der Waals surface area contributed by atoms with Crippen molar-refractivity contribution in [2.75, 3.05) is 16.8 Å². The molecular formula is C25H23N5O. The van der Waals surface area contributed by atoms with Gasteiger partial charge < -0.3 is 10.2 Å². The van der Waals surface area contributed by atoms with Gasteiger partial charge in [0.25, 0.3) is 5.91 Å². The Balaban J connectivity index is 1.37. The van der Waals surface area contributed by atoms with Crippen LogP contribution in [0.3, 0.4) is 0 Å². The van der Waals surface area contributed by atoms with Crippen molar-refractivity contribution < 1.29 is 4.79 Å². The first-order valence-corrected chi connectivity index (χ1v) is 10.4. The number of amides is 1. The van der Waals surface area contributed by atoms with Crippen molar-refractivity contribution in [2.24, 2.45) is 0 Å². The number of benzene rings is 2. The van der Waals surface area contributed by atoms with Crippen LogP contribution < -0.4 is 10.2 Å². The van der Waals surface area contributed by atoms with Crippen LogP contribution in [0.5, 0.6) is 0 Å². The predicted molar refractivity (Wildman–Crippen MR) is 122 cm³/mol. The minimum atomic E-state index is -0.172. The lowest BCUT2D eigenvalue weighted by atomic mass is 10.1. The van der Waals surface area contributed by atoms with Gasteiger partial charge in [0, 0.05) is 30.7 Å². The number of carbonyl (C=O) groups excluding carboxylic acids is 1. The van der Waals surface area contributed by atoms with Crippen molar-refractivity contribution in [3.05, 3.63) is 102 Å². The monoisotopic (exact) mass is 409 g/mol. The molecule has 2 aromatic heterocycles. The quantitative estimate of drug-likeness (QED) is 0.531. The molecule has 0 unspecified atom stereocenters. The van der Waals surface area contributed by atoms with E-state index < -0.39 is 0 Å². The third kappa shape index (κ3) is 3.68. The van der Waals surface area contributed by atoms with Crippen LogP contribution in [0.2, 0.25) is 0 Å². The molecule has 31 heavy (non-hydrogen) atoms. The van der Waals surface area contributed by atoms with E-state index in [-0.39, 0.29) is 5.91 Å². The molecule has 1 N–H and O–H groups in total. The average Bonchev–Trinajstić information content (AvgIpc) is 3.39. The first-order chi connectivity index (χ1) is 15.2. The second-order valence-electron chi connectivity index (χ2n) is 7.65. The number of fused-ring (bicyclic) bond motifs is 1. The smallest absolute Gasteiger partial charge is 0.259 e. The highest BCUT2D eigenvalue weighted by molar-refractivity contribution is 6.05. The highest BCUT2D eigenvalue weighted by Crippen LogP contribution is 2.30. The summed E-state index contributed by atoms with van der Waals surface area (Å²) in [4.78, 5) is 19.8. The Morgan fingerprint density at radius 1 is 1.03 bits per heavy atom. The van der Waals surface area contributed by atoms with Crippen LogP contribution in [0, 0.1) is 6.92 Å². The fraction of sp³-hybridized carbons (Fsp3) is 0.160. The summed E-state index contributed by atoms with van der Waals surface area (Å²) < 4.78 is 1.68. The van der Waals surface area contributed by atoms with Gasteiger partial charge in [0.05, 0.1) is 17.5 Å². The number of pyridine rings is 1. The minimum absolute atomic E-state index is 0.172. The summed E-state index contributed by atoms with van der Waals surface area (Å²) in [5.41, 5.74) is 5.84. The van der Waals surface area contributed by atoms with E-state index in [1.165, 1.54) is 11.3 Å². The van der Waals surface area contributed by atoms with Crippen LogP contribution in [0.4, 0.5) is 11.4 Å². The Bertz CT molecular complexity index is 1230. The van der Waals surface area contributed by atoms with Crippen LogP contribution >= 0.6 is 0 Å². The summed E-state index contributed by atoms with van der Waals surface area (Å²) in [5, 5.41) is 7.46. The van der Waals surface area contributed by atoms with Gasteiger partial charge in [-0.15, -0.1) is 0 Å². The number of rotatable bonds is 5. The van der Waals surface area contributed by atoms with Crippen molar-refractivity contribution >= 4 is 17.3 Å². The molecule has 6 heteroatoms. The Kier molecular flexibility index (Phi) is 4.96. The summed E-state index contributed by atoms with van der Waals surface area (Å²) in [6.45, 7) is 3.61. The Labute approximate surface area is 181 Å². The first kappa shape index (κ1) is 19.1. The Morgan fingerprint density at radius 3 is 2.71 bits per heavy atom. The summed E-state index contributed by atoms with van der Waals surface area (Å²) in [7, 11) is 0. The van der Waals surface area contributed by atoms with E-state index in [1.807, 2.05) is 43.3 Å². The average molecular weight is 409 g/mol. The van der Waals surface area contributed by atoms with E-state index in [2.05, 4.69) is 50.6 Å². The van der Waals surface area contributed by atoms with Gasteiger partial charge in [-0.05, 0) is 48.7 Å². The van der Waals surface area contributed by atoms with E-state index in [4.69, 9.17) is 0 Å². The fourth-order valence-corrected chi connectivity index (χ4v) is 4.09. The van der Waals surface area contributed by atoms with E-state index >= 15 is 0 Å². The molecule has 6 nitrogen and oxygen atoms in total. The number of aromatic nitrogens is 3. The van der Waals surface area contributed by atoms with Crippen molar-refractivity contribution in [2.45, 2.75) is 19.9 Å². The summed E-state index contributed by atoms with van der Waals surface area (Å²) in [6.07, 6.45) is 4.36. The Morgan fingerprint density at radius 2 is 1.84 bits per heavy atom. The van der Waals surface area contributed by atoms with Crippen molar-refractivity contribution in [1.29, 1.82) is 0 Å². The standard InChI is InChI=1S/C25H23N5O/c1-18-21(16-27-30(18)24-12-6-7-14-26-24)25(31)28-22-10-4-2-9-20(22)17-29-15-13-19-8-3-5-11-23(19)29/h2-12,14,16H,13,15,17H2,1H3,(H,28,31). The fourth-order valence-electron chi connectivity index (χ4n) is 4.09. The maximum absolute atomic E-state index is 13.1. The third-order valence-corrected chi connectivity index (χ3v) is 5.73. The zero-order chi connectivity index (χ0) is 21.2. The molecule has 1 amide bonds. The Hall–Kier alpha value is -3.93. The lowest BCUT2D eigenvalue weighted by molar-refractivity contribution is 0.102. The van der Waals surface area contributed by atoms with Gasteiger partial charge in [0.15, 0.2) is 5.82 Å². The first-order valence-electron chi connectivity index (χ1n) is 10.4. The third-order valence-electron chi connectivity index (χ3n) is 5.73. The van der Waals surface area contributed by atoms with Gasteiger partial charge in [-0.1, -0.05) is 42.5 Å². The molecule has 4 aromatic rings. The maximum atomic E-state index is 13.1. The van der Waals surface area contributed by atoms with Gasteiger partial charge in [-0.2, -0.15) is 5.10 Å². The molecule has 1 aliphatic heterocycles. The zero-order valence-corrected chi connectivity index (χ0v) is 17.3. The van der Waals surface area contributed by atoms with Crippen LogP contribution in [-0.2, 0) is 13.0 Å². The van der Waals surface area contributed by atoms with Crippen LogP contribution in [0.1, 0.15) is 27.2 Å². The molecule has 2 aromatic carbocycles. The van der Waals surface area contributed by atoms with E-state index in [1.54, 1.807) is 17.1 Å². The molecule has 154 valence electrons. The molecule has 3 heterocycles.